The van der Waals surface area contributed by atoms with Gasteiger partial charge in [0.2, 0.25) is 8.00 Å². The zero-order valence-electron chi connectivity index (χ0n) is 5.40. The summed E-state index contributed by atoms with van der Waals surface area (Å²) in [6, 6.07) is 0. The summed E-state index contributed by atoms with van der Waals surface area (Å²) in [7, 11) is -1.28. The van der Waals surface area contributed by atoms with E-state index in [1.54, 1.807) is 0 Å². The third-order valence-electron chi connectivity index (χ3n) is 0.714. The second-order valence-electron chi connectivity index (χ2n) is 1.45. The molecule has 1 unspecified atom stereocenters. The molecule has 0 aromatic heterocycles. The standard InChI is InChI=1S/C5H7O4P/c1-4(3-10(7)8)5(6)9-2/h3H,1H2,2H3,(H,7,8). The van der Waals surface area contributed by atoms with Crippen LogP contribution in [0.1, 0.15) is 0 Å². The lowest BCUT2D eigenvalue weighted by Crippen LogP contribution is -2.05. The molecule has 0 spiro atoms. The Morgan fingerprint density at radius 1 is 1.90 bits per heavy atom. The van der Waals surface area contributed by atoms with Crippen molar-refractivity contribution in [1.29, 1.82) is 0 Å². The number of carbonyl (C=O) groups excluding carboxylic acids is 1. The number of carbonyl (C=O) groups is 1. The van der Waals surface area contributed by atoms with Crippen LogP contribution in [-0.4, -0.2) is 23.8 Å². The normalized spacial score (nSPS) is 10.9. The van der Waals surface area contributed by atoms with E-state index in [4.69, 9.17) is 4.89 Å². The Hall–Kier alpha value is -0.700. The van der Waals surface area contributed by atoms with E-state index in [0.29, 0.717) is 0 Å². The molecule has 0 saturated carbocycles. The van der Waals surface area contributed by atoms with Crippen molar-refractivity contribution in [3.05, 3.63) is 12.2 Å². The quantitative estimate of drug-likeness (QED) is 0.327. The van der Waals surface area contributed by atoms with Gasteiger partial charge in [-0.25, -0.2) is 4.79 Å². The van der Waals surface area contributed by atoms with Crippen LogP contribution in [-0.2, 0) is 9.53 Å². The summed E-state index contributed by atoms with van der Waals surface area (Å²) in [5, 5.41) is 0. The van der Waals surface area contributed by atoms with Gasteiger partial charge < -0.3 is 9.63 Å². The molecule has 56 valence electrons. The van der Waals surface area contributed by atoms with Gasteiger partial charge in [0.05, 0.1) is 12.7 Å². The third kappa shape index (κ3) is 3.35. The molecule has 0 saturated heterocycles. The fourth-order valence-electron chi connectivity index (χ4n) is 0.317. The van der Waals surface area contributed by atoms with E-state index in [-0.39, 0.29) is 5.57 Å². The van der Waals surface area contributed by atoms with Gasteiger partial charge in [0.1, 0.15) is 0 Å². The van der Waals surface area contributed by atoms with Crippen LogP contribution in [0.2, 0.25) is 0 Å². The molecule has 0 bridgehead atoms. The smallest absolute Gasteiger partial charge is 0.341 e. The SMILES string of the molecule is C=C(C=[P+]([O-])O)C(=O)OC. The largest absolute Gasteiger partial charge is 0.603 e. The van der Waals surface area contributed by atoms with Gasteiger partial charge in [-0.15, -0.1) is 0 Å². The zero-order valence-corrected chi connectivity index (χ0v) is 6.30. The monoisotopic (exact) mass is 162 g/mol. The van der Waals surface area contributed by atoms with E-state index in [0.717, 1.165) is 5.80 Å². The van der Waals surface area contributed by atoms with Crippen LogP contribution in [0.4, 0.5) is 0 Å². The molecule has 0 aliphatic rings. The van der Waals surface area contributed by atoms with Crippen molar-refractivity contribution in [2.75, 3.05) is 7.11 Å². The van der Waals surface area contributed by atoms with Crippen molar-refractivity contribution >= 4 is 19.8 Å². The number of rotatable bonds is 2. The van der Waals surface area contributed by atoms with E-state index >= 15 is 0 Å². The summed E-state index contributed by atoms with van der Waals surface area (Å²) < 4.78 is 4.20. The van der Waals surface area contributed by atoms with Gasteiger partial charge in [-0.1, -0.05) is 6.58 Å². The Morgan fingerprint density at radius 3 is 2.70 bits per heavy atom. The minimum atomic E-state index is -2.45. The minimum absolute atomic E-state index is 0.105. The van der Waals surface area contributed by atoms with Gasteiger partial charge in [-0.2, -0.15) is 4.89 Å². The van der Waals surface area contributed by atoms with Gasteiger partial charge in [-0.3, -0.25) is 0 Å². The molecule has 0 fully saturated rings. The molecule has 4 nitrogen and oxygen atoms in total. The Balaban J connectivity index is 4.11. The maximum atomic E-state index is 10.5. The van der Waals surface area contributed by atoms with E-state index in [9.17, 15) is 9.69 Å². The Morgan fingerprint density at radius 2 is 2.40 bits per heavy atom. The first kappa shape index (κ1) is 9.30. The lowest BCUT2D eigenvalue weighted by atomic mass is 10.4. The molecular formula is C5H7O4P. The fourth-order valence-corrected chi connectivity index (χ4v) is 0.689. The Kier molecular flexibility index (Phi) is 3.88. The summed E-state index contributed by atoms with van der Waals surface area (Å²) in [6.45, 7) is 3.19. The molecule has 5 heteroatoms. The van der Waals surface area contributed by atoms with Crippen molar-refractivity contribution < 1.29 is 19.3 Å². The Labute approximate surface area is 59.3 Å². The van der Waals surface area contributed by atoms with E-state index in [1.165, 1.54) is 7.11 Å². The highest BCUT2D eigenvalue weighted by Crippen LogP contribution is 2.03. The first-order valence-corrected chi connectivity index (χ1v) is 3.63. The van der Waals surface area contributed by atoms with Crippen molar-refractivity contribution in [2.45, 2.75) is 0 Å². The van der Waals surface area contributed by atoms with E-state index < -0.39 is 14.0 Å². The second kappa shape index (κ2) is 4.17. The topological polar surface area (TPSA) is 69.6 Å². The molecular weight excluding hydrogens is 155 g/mol. The first-order chi connectivity index (χ1) is 4.57. The summed E-state index contributed by atoms with van der Waals surface area (Å²) in [5.41, 5.74) is -0.105. The molecule has 0 aliphatic carbocycles. The van der Waals surface area contributed by atoms with Crippen LogP contribution in [0.3, 0.4) is 0 Å². The molecule has 0 aliphatic heterocycles. The molecule has 1 N–H and O–H groups in total. The van der Waals surface area contributed by atoms with Gasteiger partial charge in [0.15, 0.2) is 5.80 Å². The van der Waals surface area contributed by atoms with Crippen molar-refractivity contribution in [3.63, 3.8) is 0 Å². The lowest BCUT2D eigenvalue weighted by molar-refractivity contribution is -0.167. The molecule has 0 aromatic carbocycles. The second-order valence-corrected chi connectivity index (χ2v) is 2.31. The van der Waals surface area contributed by atoms with E-state index in [1.807, 2.05) is 0 Å². The molecule has 0 radical (unpaired) electrons. The predicted octanol–water partition coefficient (Wildman–Crippen LogP) is -0.818. The number of hydrogen-bond acceptors (Lipinski definition) is 4. The molecule has 1 atom stereocenters. The van der Waals surface area contributed by atoms with Gasteiger partial charge >= 0.3 is 5.97 Å². The van der Waals surface area contributed by atoms with Crippen molar-refractivity contribution in [1.82, 2.24) is 0 Å². The van der Waals surface area contributed by atoms with Gasteiger partial charge in [0.25, 0.3) is 0 Å². The summed E-state index contributed by atoms with van der Waals surface area (Å²) in [5.74, 6) is 0.138. The van der Waals surface area contributed by atoms with Crippen LogP contribution < -0.4 is 4.89 Å². The number of methoxy groups -OCH3 is 1. The highest BCUT2D eigenvalue weighted by Gasteiger charge is 2.05. The summed E-state index contributed by atoms with van der Waals surface area (Å²) >= 11 is 0. The minimum Gasteiger partial charge on any atom is -0.603 e. The van der Waals surface area contributed by atoms with E-state index in [2.05, 4.69) is 11.3 Å². The molecule has 10 heavy (non-hydrogen) atoms. The fraction of sp³-hybridized carbons (Fsp3) is 0.200. The van der Waals surface area contributed by atoms with Crippen molar-refractivity contribution in [2.24, 2.45) is 0 Å². The third-order valence-corrected chi connectivity index (χ3v) is 1.25. The average molecular weight is 162 g/mol. The molecule has 0 rings (SSSR count). The van der Waals surface area contributed by atoms with Gasteiger partial charge in [0, 0.05) is 0 Å². The van der Waals surface area contributed by atoms with Crippen LogP contribution >= 0.6 is 8.00 Å². The summed E-state index contributed by atoms with van der Waals surface area (Å²) in [6.07, 6.45) is 0. The maximum Gasteiger partial charge on any atom is 0.341 e. The predicted molar refractivity (Wildman–Crippen MR) is 36.4 cm³/mol. The maximum absolute atomic E-state index is 10.5. The number of esters is 1. The van der Waals surface area contributed by atoms with Crippen LogP contribution in [0.5, 0.6) is 0 Å². The number of hydrogen-bond donors (Lipinski definition) is 1. The molecule has 0 heterocycles. The van der Waals surface area contributed by atoms with Crippen LogP contribution in [0.15, 0.2) is 12.2 Å². The van der Waals surface area contributed by atoms with Gasteiger partial charge in [-0.05, 0) is 0 Å². The zero-order chi connectivity index (χ0) is 8.15. The number of ether oxygens (including phenoxy) is 1. The van der Waals surface area contributed by atoms with Crippen LogP contribution in [0, 0.1) is 0 Å². The van der Waals surface area contributed by atoms with Crippen molar-refractivity contribution in [3.8, 4) is 0 Å². The highest BCUT2D eigenvalue weighted by atomic mass is 31.1. The van der Waals surface area contributed by atoms with Crippen LogP contribution in [0.25, 0.3) is 0 Å². The Bertz CT molecular complexity index is 180. The first-order valence-electron chi connectivity index (χ1n) is 2.35. The molecule has 0 aromatic rings. The molecule has 0 amide bonds. The highest BCUT2D eigenvalue weighted by molar-refractivity contribution is 7.44. The lowest BCUT2D eigenvalue weighted by Gasteiger charge is -1.93. The summed E-state index contributed by atoms with van der Waals surface area (Å²) in [4.78, 5) is 28.8. The average Bonchev–Trinajstić information content (AvgIpc) is 1.85.